The lowest BCUT2D eigenvalue weighted by Crippen LogP contribution is -2.27. The first kappa shape index (κ1) is 25.3. The molecule has 0 unspecified atom stereocenters. The number of aryl methyl sites for hydroxylation is 2. The number of benzene rings is 1. The SMILES string of the molecule is Cc1nn(C)c(C)c1NC(=O)[C@@H](C)Sc1nc2cc(Cl)ccc2c(=O)n1CCCOC(C)C. The van der Waals surface area contributed by atoms with E-state index in [9.17, 15) is 9.59 Å². The zero-order chi connectivity index (χ0) is 24.3. The van der Waals surface area contributed by atoms with Gasteiger partial charge in [0.2, 0.25) is 5.91 Å². The Morgan fingerprint density at radius 2 is 2.00 bits per heavy atom. The number of hydrogen-bond donors (Lipinski definition) is 1. The fourth-order valence-corrected chi connectivity index (χ4v) is 4.49. The molecular weight excluding hydrogens is 462 g/mol. The van der Waals surface area contributed by atoms with Crippen LogP contribution >= 0.6 is 23.4 Å². The molecule has 0 saturated carbocycles. The predicted octanol–water partition coefficient (Wildman–Crippen LogP) is 4.33. The summed E-state index contributed by atoms with van der Waals surface area (Å²) in [6.45, 7) is 10.5. The maximum absolute atomic E-state index is 13.2. The molecule has 0 fully saturated rings. The molecule has 0 aliphatic carbocycles. The molecule has 2 aromatic heterocycles. The van der Waals surface area contributed by atoms with Gasteiger partial charge >= 0.3 is 0 Å². The highest BCUT2D eigenvalue weighted by Crippen LogP contribution is 2.26. The smallest absolute Gasteiger partial charge is 0.262 e. The van der Waals surface area contributed by atoms with E-state index in [0.29, 0.717) is 46.3 Å². The number of carbonyl (C=O) groups is 1. The number of aromatic nitrogens is 4. The van der Waals surface area contributed by atoms with Gasteiger partial charge in [-0.15, -0.1) is 0 Å². The maximum Gasteiger partial charge on any atom is 0.262 e. The normalized spacial score (nSPS) is 12.5. The molecule has 0 bridgehead atoms. The molecule has 1 atom stereocenters. The zero-order valence-corrected chi connectivity index (χ0v) is 21.4. The van der Waals surface area contributed by atoms with E-state index in [-0.39, 0.29) is 17.6 Å². The Kier molecular flexibility index (Phi) is 8.20. The lowest BCUT2D eigenvalue weighted by molar-refractivity contribution is -0.115. The van der Waals surface area contributed by atoms with E-state index in [4.69, 9.17) is 16.3 Å². The van der Waals surface area contributed by atoms with Gasteiger partial charge in [0.15, 0.2) is 5.16 Å². The number of nitrogens with one attached hydrogen (secondary N) is 1. The zero-order valence-electron chi connectivity index (χ0n) is 19.8. The second-order valence-electron chi connectivity index (χ2n) is 8.20. The Labute approximate surface area is 202 Å². The summed E-state index contributed by atoms with van der Waals surface area (Å²) in [5, 5.41) is 8.28. The monoisotopic (exact) mass is 491 g/mol. The summed E-state index contributed by atoms with van der Waals surface area (Å²) in [7, 11) is 1.84. The van der Waals surface area contributed by atoms with Crippen LogP contribution in [0.1, 0.15) is 38.6 Å². The Bertz CT molecular complexity index is 1220. The molecule has 0 aliphatic heterocycles. The number of fused-ring (bicyclic) bond motifs is 1. The summed E-state index contributed by atoms with van der Waals surface area (Å²) in [6.07, 6.45) is 0.775. The van der Waals surface area contributed by atoms with Crippen LogP contribution in [0.15, 0.2) is 28.2 Å². The van der Waals surface area contributed by atoms with Crippen molar-refractivity contribution in [2.24, 2.45) is 7.05 Å². The van der Waals surface area contributed by atoms with E-state index < -0.39 is 5.25 Å². The number of ether oxygens (including phenoxy) is 1. The van der Waals surface area contributed by atoms with E-state index in [1.54, 1.807) is 34.4 Å². The van der Waals surface area contributed by atoms with Crippen LogP contribution < -0.4 is 10.9 Å². The van der Waals surface area contributed by atoms with Crippen molar-refractivity contribution in [3.8, 4) is 0 Å². The van der Waals surface area contributed by atoms with Gasteiger partial charge in [0, 0.05) is 25.2 Å². The van der Waals surface area contributed by atoms with Gasteiger partial charge in [0.05, 0.1) is 39.3 Å². The lowest BCUT2D eigenvalue weighted by atomic mass is 10.2. The summed E-state index contributed by atoms with van der Waals surface area (Å²) in [5.74, 6) is -0.186. The topological polar surface area (TPSA) is 91.0 Å². The van der Waals surface area contributed by atoms with Crippen molar-refractivity contribution in [2.45, 2.75) is 64.1 Å². The van der Waals surface area contributed by atoms with Gasteiger partial charge in [-0.25, -0.2) is 4.98 Å². The molecule has 0 saturated heterocycles. The number of anilines is 1. The highest BCUT2D eigenvalue weighted by atomic mass is 35.5. The minimum Gasteiger partial charge on any atom is -0.379 e. The first-order chi connectivity index (χ1) is 15.6. The third-order valence-corrected chi connectivity index (χ3v) is 6.59. The first-order valence-electron chi connectivity index (χ1n) is 10.9. The quantitative estimate of drug-likeness (QED) is 0.272. The van der Waals surface area contributed by atoms with Crippen molar-refractivity contribution in [1.82, 2.24) is 19.3 Å². The van der Waals surface area contributed by atoms with Crippen molar-refractivity contribution in [3.63, 3.8) is 0 Å². The summed E-state index contributed by atoms with van der Waals surface area (Å²) < 4.78 is 8.97. The second kappa shape index (κ2) is 10.7. The molecule has 10 heteroatoms. The molecule has 3 rings (SSSR count). The molecule has 178 valence electrons. The van der Waals surface area contributed by atoms with Crippen molar-refractivity contribution >= 4 is 45.9 Å². The van der Waals surface area contributed by atoms with Crippen molar-refractivity contribution in [2.75, 3.05) is 11.9 Å². The molecule has 2 heterocycles. The third kappa shape index (κ3) is 5.96. The van der Waals surface area contributed by atoms with E-state index in [1.165, 1.54) is 11.8 Å². The fraction of sp³-hybridized carbons (Fsp3) is 0.478. The van der Waals surface area contributed by atoms with Gasteiger partial charge in [-0.1, -0.05) is 23.4 Å². The largest absolute Gasteiger partial charge is 0.379 e. The summed E-state index contributed by atoms with van der Waals surface area (Å²) in [6, 6.07) is 5.04. The van der Waals surface area contributed by atoms with Crippen LogP contribution in [0.3, 0.4) is 0 Å². The Balaban J connectivity index is 1.88. The van der Waals surface area contributed by atoms with Crippen LogP contribution in [0.4, 0.5) is 5.69 Å². The lowest BCUT2D eigenvalue weighted by Gasteiger charge is -2.17. The highest BCUT2D eigenvalue weighted by Gasteiger charge is 2.22. The average molecular weight is 492 g/mol. The van der Waals surface area contributed by atoms with Crippen LogP contribution in [-0.4, -0.2) is 43.2 Å². The Hall–Kier alpha value is -2.36. The van der Waals surface area contributed by atoms with Gasteiger partial charge in [-0.2, -0.15) is 5.10 Å². The van der Waals surface area contributed by atoms with E-state index in [1.807, 2.05) is 34.7 Å². The molecule has 33 heavy (non-hydrogen) atoms. The number of hydrogen-bond acceptors (Lipinski definition) is 6. The third-order valence-electron chi connectivity index (χ3n) is 5.27. The molecule has 0 radical (unpaired) electrons. The number of halogens is 1. The molecule has 0 spiro atoms. The molecule has 8 nitrogen and oxygen atoms in total. The van der Waals surface area contributed by atoms with Gasteiger partial charge in [0.25, 0.3) is 5.56 Å². The molecule has 1 amide bonds. The molecule has 1 N–H and O–H groups in total. The number of carbonyl (C=O) groups excluding carboxylic acids is 1. The Morgan fingerprint density at radius 1 is 1.27 bits per heavy atom. The molecular formula is C23H30ClN5O3S. The summed E-state index contributed by atoms with van der Waals surface area (Å²) >= 11 is 7.37. The van der Waals surface area contributed by atoms with Crippen LogP contribution in [-0.2, 0) is 23.1 Å². The summed E-state index contributed by atoms with van der Waals surface area (Å²) in [4.78, 5) is 30.9. The highest BCUT2D eigenvalue weighted by molar-refractivity contribution is 8.00. The minimum absolute atomic E-state index is 0.121. The predicted molar refractivity (Wildman–Crippen MR) is 133 cm³/mol. The number of rotatable bonds is 9. The van der Waals surface area contributed by atoms with Gasteiger partial charge in [0.1, 0.15) is 0 Å². The number of thioether (sulfide) groups is 1. The second-order valence-corrected chi connectivity index (χ2v) is 9.95. The summed E-state index contributed by atoms with van der Waals surface area (Å²) in [5.41, 5.74) is 2.68. The maximum atomic E-state index is 13.2. The minimum atomic E-state index is -0.495. The Morgan fingerprint density at radius 3 is 2.64 bits per heavy atom. The van der Waals surface area contributed by atoms with Crippen LogP contribution in [0, 0.1) is 13.8 Å². The van der Waals surface area contributed by atoms with Gasteiger partial charge in [-0.05, 0) is 59.2 Å². The van der Waals surface area contributed by atoms with E-state index in [2.05, 4.69) is 15.4 Å². The standard InChI is InChI=1S/C23H30ClN5O3S/c1-13(2)32-11-7-10-29-22(31)18-9-8-17(24)12-19(18)25-23(29)33-16(5)21(30)26-20-14(3)27-28(6)15(20)4/h8-9,12-13,16H,7,10-11H2,1-6H3,(H,26,30)/t16-/m1/s1. The van der Waals surface area contributed by atoms with Crippen molar-refractivity contribution < 1.29 is 9.53 Å². The average Bonchev–Trinajstić information content (AvgIpc) is 2.98. The van der Waals surface area contributed by atoms with E-state index in [0.717, 1.165) is 11.4 Å². The molecule has 1 aromatic carbocycles. The first-order valence-corrected chi connectivity index (χ1v) is 12.1. The van der Waals surface area contributed by atoms with Crippen molar-refractivity contribution in [1.29, 1.82) is 0 Å². The molecule has 0 aliphatic rings. The van der Waals surface area contributed by atoms with Crippen LogP contribution in [0.25, 0.3) is 10.9 Å². The van der Waals surface area contributed by atoms with Gasteiger partial charge < -0.3 is 10.1 Å². The number of nitrogens with zero attached hydrogens (tertiary/aromatic N) is 4. The van der Waals surface area contributed by atoms with Crippen molar-refractivity contribution in [3.05, 3.63) is 45.0 Å². The molecule has 3 aromatic rings. The van der Waals surface area contributed by atoms with Crippen LogP contribution in [0.5, 0.6) is 0 Å². The van der Waals surface area contributed by atoms with E-state index >= 15 is 0 Å². The van der Waals surface area contributed by atoms with Crippen LogP contribution in [0.2, 0.25) is 5.02 Å². The fourth-order valence-electron chi connectivity index (χ4n) is 3.39. The van der Waals surface area contributed by atoms with Gasteiger partial charge in [-0.3, -0.25) is 18.8 Å². The number of amides is 1.